The molecule has 0 N–H and O–H groups in total. The van der Waals surface area contributed by atoms with Gasteiger partial charge in [-0.25, -0.2) is 4.79 Å². The average Bonchev–Trinajstić information content (AvgIpc) is 1.95. The van der Waals surface area contributed by atoms with E-state index in [0.717, 1.165) is 11.8 Å². The molecular formula is C5H7Cl3O2S2. The SMILES string of the molecule is O=C(OCC(Cl)(Cl)Cl)SCCS. The molecule has 0 aromatic rings. The van der Waals surface area contributed by atoms with Gasteiger partial charge in [-0.3, -0.25) is 0 Å². The molecule has 0 saturated carbocycles. The van der Waals surface area contributed by atoms with E-state index in [9.17, 15) is 4.79 Å². The topological polar surface area (TPSA) is 26.3 Å². The number of rotatable bonds is 3. The standard InChI is InChI=1S/C5H7Cl3O2S2/c6-5(7,8)3-10-4(9)12-2-1-11/h11H,1-3H2. The minimum Gasteiger partial charge on any atom is -0.453 e. The lowest BCUT2D eigenvalue weighted by Gasteiger charge is -2.10. The molecule has 2 nitrogen and oxygen atoms in total. The van der Waals surface area contributed by atoms with Crippen molar-refractivity contribution in [3.05, 3.63) is 0 Å². The lowest BCUT2D eigenvalue weighted by molar-refractivity contribution is 0.177. The minimum atomic E-state index is -1.53. The van der Waals surface area contributed by atoms with Crippen LogP contribution < -0.4 is 0 Å². The number of alkyl halides is 3. The predicted molar refractivity (Wildman–Crippen MR) is 57.9 cm³/mol. The third-order valence-corrected chi connectivity index (χ3v) is 2.28. The van der Waals surface area contributed by atoms with Gasteiger partial charge in [0.15, 0.2) is 0 Å². The van der Waals surface area contributed by atoms with Crippen LogP contribution in [0.5, 0.6) is 0 Å². The summed E-state index contributed by atoms with van der Waals surface area (Å²) in [7, 11) is 0. The Morgan fingerprint density at radius 1 is 1.50 bits per heavy atom. The lowest BCUT2D eigenvalue weighted by atomic mass is 10.8. The number of thioether (sulfide) groups is 1. The van der Waals surface area contributed by atoms with Crippen LogP contribution in [0.4, 0.5) is 4.79 Å². The predicted octanol–water partition coefficient (Wildman–Crippen LogP) is 3.16. The smallest absolute Gasteiger partial charge is 0.367 e. The fourth-order valence-electron chi connectivity index (χ4n) is 0.311. The van der Waals surface area contributed by atoms with Crippen LogP contribution in [-0.4, -0.2) is 27.2 Å². The van der Waals surface area contributed by atoms with Crippen molar-refractivity contribution in [2.75, 3.05) is 18.1 Å². The molecular weight excluding hydrogens is 263 g/mol. The number of thiol groups is 1. The summed E-state index contributed by atoms with van der Waals surface area (Å²) in [5.74, 6) is 1.19. The van der Waals surface area contributed by atoms with E-state index in [1.54, 1.807) is 0 Å². The summed E-state index contributed by atoms with van der Waals surface area (Å²) >= 11 is 20.9. The number of carbonyl (C=O) groups excluding carboxylic acids is 1. The van der Waals surface area contributed by atoms with Crippen molar-refractivity contribution in [1.82, 2.24) is 0 Å². The second kappa shape index (κ2) is 6.49. The molecule has 0 rings (SSSR count). The molecule has 0 aliphatic heterocycles. The third-order valence-electron chi connectivity index (χ3n) is 0.665. The van der Waals surface area contributed by atoms with Gasteiger partial charge in [-0.15, -0.1) is 0 Å². The van der Waals surface area contributed by atoms with Gasteiger partial charge in [0.2, 0.25) is 3.79 Å². The Morgan fingerprint density at radius 2 is 2.08 bits per heavy atom. The van der Waals surface area contributed by atoms with Crippen molar-refractivity contribution in [2.24, 2.45) is 0 Å². The first-order valence-electron chi connectivity index (χ1n) is 2.93. The van der Waals surface area contributed by atoms with Crippen molar-refractivity contribution in [3.8, 4) is 0 Å². The normalized spacial score (nSPS) is 11.3. The van der Waals surface area contributed by atoms with Crippen molar-refractivity contribution in [3.63, 3.8) is 0 Å². The monoisotopic (exact) mass is 268 g/mol. The van der Waals surface area contributed by atoms with Crippen molar-refractivity contribution in [2.45, 2.75) is 3.79 Å². The van der Waals surface area contributed by atoms with E-state index >= 15 is 0 Å². The molecule has 12 heavy (non-hydrogen) atoms. The van der Waals surface area contributed by atoms with Crippen LogP contribution in [0.3, 0.4) is 0 Å². The molecule has 0 aromatic carbocycles. The second-order valence-corrected chi connectivity index (χ2v) is 5.72. The first-order chi connectivity index (χ1) is 5.45. The molecule has 72 valence electrons. The van der Waals surface area contributed by atoms with Crippen LogP contribution in [-0.2, 0) is 4.74 Å². The van der Waals surface area contributed by atoms with Crippen LogP contribution in [0.2, 0.25) is 0 Å². The van der Waals surface area contributed by atoms with Crippen LogP contribution in [0, 0.1) is 0 Å². The van der Waals surface area contributed by atoms with Gasteiger partial charge in [-0.05, 0) is 17.5 Å². The highest BCUT2D eigenvalue weighted by Gasteiger charge is 2.21. The summed E-state index contributed by atoms with van der Waals surface area (Å²) in [6.07, 6.45) is 0. The van der Waals surface area contributed by atoms with Crippen molar-refractivity contribution in [1.29, 1.82) is 0 Å². The zero-order chi connectivity index (χ0) is 9.61. The molecule has 0 fully saturated rings. The average molecular weight is 270 g/mol. The van der Waals surface area contributed by atoms with Gasteiger partial charge in [0.1, 0.15) is 6.61 Å². The first kappa shape index (κ1) is 13.0. The summed E-state index contributed by atoms with van der Waals surface area (Å²) < 4.78 is 3.07. The molecule has 0 radical (unpaired) electrons. The zero-order valence-corrected chi connectivity index (χ0v) is 9.91. The van der Waals surface area contributed by atoms with E-state index < -0.39 is 9.09 Å². The Hall–Kier alpha value is 1.04. The molecule has 0 saturated heterocycles. The van der Waals surface area contributed by atoms with Crippen molar-refractivity contribution < 1.29 is 9.53 Å². The van der Waals surface area contributed by atoms with Crippen LogP contribution in [0.25, 0.3) is 0 Å². The molecule has 0 spiro atoms. The first-order valence-corrected chi connectivity index (χ1v) is 5.68. The Bertz CT molecular complexity index is 148. The summed E-state index contributed by atoms with van der Waals surface area (Å²) in [6, 6.07) is 0. The van der Waals surface area contributed by atoms with E-state index in [1.165, 1.54) is 0 Å². The summed E-state index contributed by atoms with van der Waals surface area (Å²) in [6.45, 7) is -0.226. The largest absolute Gasteiger partial charge is 0.453 e. The van der Waals surface area contributed by atoms with Gasteiger partial charge in [0.25, 0.3) is 0 Å². The molecule has 0 atom stereocenters. The second-order valence-electron chi connectivity index (χ2n) is 1.73. The van der Waals surface area contributed by atoms with E-state index in [0.29, 0.717) is 11.5 Å². The van der Waals surface area contributed by atoms with Gasteiger partial charge in [0.05, 0.1) is 0 Å². The Morgan fingerprint density at radius 3 is 2.50 bits per heavy atom. The highest BCUT2D eigenvalue weighted by Crippen LogP contribution is 2.26. The Kier molecular flexibility index (Phi) is 7.05. The molecule has 0 bridgehead atoms. The molecule has 0 heterocycles. The highest BCUT2D eigenvalue weighted by molar-refractivity contribution is 8.13. The van der Waals surface area contributed by atoms with Gasteiger partial charge in [-0.1, -0.05) is 34.8 Å². The zero-order valence-electron chi connectivity index (χ0n) is 5.93. The number of hydrogen-bond acceptors (Lipinski definition) is 4. The summed E-state index contributed by atoms with van der Waals surface area (Å²) in [5.41, 5.74) is 0. The fourth-order valence-corrected chi connectivity index (χ4v) is 1.15. The minimum absolute atomic E-state index is 0.226. The van der Waals surface area contributed by atoms with E-state index in [2.05, 4.69) is 17.4 Å². The Labute approximate surface area is 95.7 Å². The third kappa shape index (κ3) is 9.13. The van der Waals surface area contributed by atoms with Crippen LogP contribution >= 0.6 is 59.2 Å². The maximum atomic E-state index is 10.8. The van der Waals surface area contributed by atoms with E-state index in [-0.39, 0.29) is 6.61 Å². The molecule has 0 amide bonds. The van der Waals surface area contributed by atoms with Crippen LogP contribution in [0.15, 0.2) is 0 Å². The van der Waals surface area contributed by atoms with E-state index in [1.807, 2.05) is 0 Å². The number of carbonyl (C=O) groups is 1. The maximum absolute atomic E-state index is 10.8. The summed E-state index contributed by atoms with van der Waals surface area (Å²) in [4.78, 5) is 10.8. The van der Waals surface area contributed by atoms with Gasteiger partial charge in [-0.2, -0.15) is 12.6 Å². The summed E-state index contributed by atoms with van der Waals surface area (Å²) in [5, 5.41) is -0.449. The molecule has 0 aliphatic rings. The van der Waals surface area contributed by atoms with Crippen LogP contribution in [0.1, 0.15) is 0 Å². The lowest BCUT2D eigenvalue weighted by Crippen LogP contribution is -2.14. The number of halogens is 3. The maximum Gasteiger partial charge on any atom is 0.367 e. The quantitative estimate of drug-likeness (QED) is 0.484. The fraction of sp³-hybridized carbons (Fsp3) is 0.800. The van der Waals surface area contributed by atoms with Gasteiger partial charge >= 0.3 is 5.30 Å². The van der Waals surface area contributed by atoms with E-state index in [4.69, 9.17) is 34.8 Å². The number of ether oxygens (including phenoxy) is 1. The highest BCUT2D eigenvalue weighted by atomic mass is 35.6. The van der Waals surface area contributed by atoms with Gasteiger partial charge in [0, 0.05) is 5.75 Å². The molecule has 0 aliphatic carbocycles. The number of hydrogen-bond donors (Lipinski definition) is 1. The Balaban J connectivity index is 3.44. The molecule has 0 unspecified atom stereocenters. The van der Waals surface area contributed by atoms with Crippen molar-refractivity contribution >= 4 is 64.5 Å². The van der Waals surface area contributed by atoms with Gasteiger partial charge < -0.3 is 4.74 Å². The molecule has 7 heteroatoms. The molecule has 0 aromatic heterocycles.